The van der Waals surface area contributed by atoms with Crippen LogP contribution in [0, 0.1) is 12.3 Å². The molecule has 118 valence electrons. The Labute approximate surface area is 134 Å². The van der Waals surface area contributed by atoms with Crippen molar-refractivity contribution in [3.63, 3.8) is 0 Å². The van der Waals surface area contributed by atoms with E-state index in [1.165, 1.54) is 0 Å². The minimum absolute atomic E-state index is 0.0695. The highest BCUT2D eigenvalue weighted by Crippen LogP contribution is 2.48. The molecule has 1 aromatic carbocycles. The van der Waals surface area contributed by atoms with Gasteiger partial charge in [-0.25, -0.2) is 0 Å². The maximum atomic E-state index is 12.6. The van der Waals surface area contributed by atoms with Crippen molar-refractivity contribution in [2.75, 3.05) is 31.6 Å². The molecule has 1 aliphatic heterocycles. The number of morpholine rings is 1. The standard InChI is InChI=1S/C16H19ClN2O3/c1-11-10-12(17)2-3-13(11)18-14(20)16(4-5-16)15(21)19-6-8-22-9-7-19/h2-3,10H,4-9H2,1H3,(H,18,20). The van der Waals surface area contributed by atoms with E-state index in [-0.39, 0.29) is 11.8 Å². The number of nitrogens with zero attached hydrogens (tertiary/aromatic N) is 1. The average molecular weight is 323 g/mol. The lowest BCUT2D eigenvalue weighted by Crippen LogP contribution is -2.47. The minimum Gasteiger partial charge on any atom is -0.378 e. The zero-order valence-electron chi connectivity index (χ0n) is 12.5. The molecule has 0 atom stereocenters. The Balaban J connectivity index is 1.72. The molecule has 1 saturated carbocycles. The predicted octanol–water partition coefficient (Wildman–Crippen LogP) is 2.23. The second-order valence-corrected chi connectivity index (χ2v) is 6.34. The van der Waals surface area contributed by atoms with Crippen LogP contribution in [-0.4, -0.2) is 43.0 Å². The second kappa shape index (κ2) is 5.89. The van der Waals surface area contributed by atoms with Gasteiger partial charge in [-0.3, -0.25) is 9.59 Å². The van der Waals surface area contributed by atoms with Crippen molar-refractivity contribution < 1.29 is 14.3 Å². The lowest BCUT2D eigenvalue weighted by molar-refractivity contribution is -0.145. The summed E-state index contributed by atoms with van der Waals surface area (Å²) in [5.74, 6) is -0.283. The number of anilines is 1. The number of aryl methyl sites for hydroxylation is 1. The summed E-state index contributed by atoms with van der Waals surface area (Å²) in [4.78, 5) is 27.0. The van der Waals surface area contributed by atoms with Crippen LogP contribution in [0.1, 0.15) is 18.4 Å². The molecule has 2 fully saturated rings. The summed E-state index contributed by atoms with van der Waals surface area (Å²) >= 11 is 5.92. The second-order valence-electron chi connectivity index (χ2n) is 5.90. The Bertz CT molecular complexity index is 607. The van der Waals surface area contributed by atoms with Crippen LogP contribution in [0.3, 0.4) is 0 Å². The van der Waals surface area contributed by atoms with Crippen molar-refractivity contribution >= 4 is 29.1 Å². The third-order valence-corrected chi connectivity index (χ3v) is 4.56. The number of benzene rings is 1. The van der Waals surface area contributed by atoms with Crippen LogP contribution in [0.2, 0.25) is 5.02 Å². The van der Waals surface area contributed by atoms with Gasteiger partial charge in [0.2, 0.25) is 11.8 Å². The molecular formula is C16H19ClN2O3. The molecule has 0 spiro atoms. The molecular weight excluding hydrogens is 304 g/mol. The number of amides is 2. The first kappa shape index (κ1) is 15.3. The van der Waals surface area contributed by atoms with Crippen molar-refractivity contribution in [1.82, 2.24) is 4.90 Å². The lowest BCUT2D eigenvalue weighted by Gasteiger charge is -2.30. The molecule has 1 saturated heterocycles. The number of halogens is 1. The van der Waals surface area contributed by atoms with Crippen molar-refractivity contribution in [1.29, 1.82) is 0 Å². The van der Waals surface area contributed by atoms with Gasteiger partial charge in [0.05, 0.1) is 13.2 Å². The first-order valence-corrected chi connectivity index (χ1v) is 7.85. The van der Waals surface area contributed by atoms with E-state index in [1.807, 2.05) is 6.92 Å². The highest BCUT2D eigenvalue weighted by atomic mass is 35.5. The number of hydrogen-bond acceptors (Lipinski definition) is 3. The Morgan fingerprint density at radius 3 is 2.55 bits per heavy atom. The number of carbonyl (C=O) groups is 2. The van der Waals surface area contributed by atoms with Crippen LogP contribution in [-0.2, 0) is 14.3 Å². The monoisotopic (exact) mass is 322 g/mol. The Kier molecular flexibility index (Phi) is 4.10. The van der Waals surface area contributed by atoms with Crippen LogP contribution in [0.5, 0.6) is 0 Å². The van der Waals surface area contributed by atoms with Crippen LogP contribution >= 0.6 is 11.6 Å². The fraction of sp³-hybridized carbons (Fsp3) is 0.500. The topological polar surface area (TPSA) is 58.6 Å². The summed E-state index contributed by atoms with van der Waals surface area (Å²) in [6.07, 6.45) is 1.23. The van der Waals surface area contributed by atoms with Gasteiger partial charge in [0.15, 0.2) is 0 Å². The SMILES string of the molecule is Cc1cc(Cl)ccc1NC(=O)C1(C(=O)N2CCOCC2)CC1. The molecule has 1 N–H and O–H groups in total. The molecule has 1 aliphatic carbocycles. The van der Waals surface area contributed by atoms with Gasteiger partial charge in [-0.1, -0.05) is 11.6 Å². The highest BCUT2D eigenvalue weighted by Gasteiger charge is 2.58. The van der Waals surface area contributed by atoms with Gasteiger partial charge in [0.1, 0.15) is 5.41 Å². The summed E-state index contributed by atoms with van der Waals surface area (Å²) in [5, 5.41) is 3.51. The van der Waals surface area contributed by atoms with E-state index in [0.29, 0.717) is 49.9 Å². The Morgan fingerprint density at radius 2 is 1.95 bits per heavy atom. The third-order valence-electron chi connectivity index (χ3n) is 4.33. The molecule has 0 aromatic heterocycles. The van der Waals surface area contributed by atoms with E-state index in [1.54, 1.807) is 23.1 Å². The van der Waals surface area contributed by atoms with Crippen molar-refractivity contribution in [2.45, 2.75) is 19.8 Å². The largest absolute Gasteiger partial charge is 0.378 e. The fourth-order valence-corrected chi connectivity index (χ4v) is 2.97. The Hall–Kier alpha value is -1.59. The molecule has 0 radical (unpaired) electrons. The van der Waals surface area contributed by atoms with Gasteiger partial charge in [-0.05, 0) is 43.5 Å². The summed E-state index contributed by atoms with van der Waals surface area (Å²) < 4.78 is 5.26. The smallest absolute Gasteiger partial charge is 0.240 e. The fourth-order valence-electron chi connectivity index (χ4n) is 2.74. The van der Waals surface area contributed by atoms with Gasteiger partial charge < -0.3 is 15.0 Å². The van der Waals surface area contributed by atoms with Crippen LogP contribution in [0.4, 0.5) is 5.69 Å². The first-order chi connectivity index (χ1) is 10.5. The van der Waals surface area contributed by atoms with Gasteiger partial charge >= 0.3 is 0 Å². The zero-order valence-corrected chi connectivity index (χ0v) is 13.3. The molecule has 2 aliphatic rings. The van der Waals surface area contributed by atoms with Gasteiger partial charge in [-0.15, -0.1) is 0 Å². The van der Waals surface area contributed by atoms with E-state index in [4.69, 9.17) is 16.3 Å². The highest BCUT2D eigenvalue weighted by molar-refractivity contribution is 6.30. The van der Waals surface area contributed by atoms with Crippen molar-refractivity contribution in [3.05, 3.63) is 28.8 Å². The third kappa shape index (κ3) is 2.83. The maximum Gasteiger partial charge on any atom is 0.240 e. The van der Waals surface area contributed by atoms with Crippen LogP contribution < -0.4 is 5.32 Å². The van der Waals surface area contributed by atoms with E-state index in [9.17, 15) is 9.59 Å². The average Bonchev–Trinajstić information content (AvgIpc) is 3.32. The molecule has 6 heteroatoms. The van der Waals surface area contributed by atoms with Gasteiger partial charge in [-0.2, -0.15) is 0 Å². The molecule has 0 bridgehead atoms. The number of hydrogen-bond donors (Lipinski definition) is 1. The normalized spacial score (nSPS) is 19.6. The first-order valence-electron chi connectivity index (χ1n) is 7.48. The number of ether oxygens (including phenoxy) is 1. The number of nitrogens with one attached hydrogen (secondary N) is 1. The summed E-state index contributed by atoms with van der Waals surface area (Å²) in [6.45, 7) is 4.09. The summed E-state index contributed by atoms with van der Waals surface area (Å²) in [7, 11) is 0. The van der Waals surface area contributed by atoms with Crippen molar-refractivity contribution in [3.8, 4) is 0 Å². The maximum absolute atomic E-state index is 12.6. The van der Waals surface area contributed by atoms with Crippen molar-refractivity contribution in [2.24, 2.45) is 5.41 Å². The molecule has 2 amide bonds. The Morgan fingerprint density at radius 1 is 1.27 bits per heavy atom. The van der Waals surface area contributed by atoms with E-state index in [0.717, 1.165) is 5.56 Å². The number of carbonyl (C=O) groups excluding carboxylic acids is 2. The number of rotatable bonds is 3. The molecule has 0 unspecified atom stereocenters. The predicted molar refractivity (Wildman–Crippen MR) is 83.9 cm³/mol. The molecule has 3 rings (SSSR count). The van der Waals surface area contributed by atoms with Crippen LogP contribution in [0.15, 0.2) is 18.2 Å². The lowest BCUT2D eigenvalue weighted by atomic mass is 10.0. The summed E-state index contributed by atoms with van der Waals surface area (Å²) in [5.41, 5.74) is 0.703. The van der Waals surface area contributed by atoms with E-state index < -0.39 is 5.41 Å². The zero-order chi connectivity index (χ0) is 15.7. The molecule has 5 nitrogen and oxygen atoms in total. The quantitative estimate of drug-likeness (QED) is 0.868. The molecule has 1 aromatic rings. The van der Waals surface area contributed by atoms with E-state index >= 15 is 0 Å². The summed E-state index contributed by atoms with van der Waals surface area (Å²) in [6, 6.07) is 5.29. The minimum atomic E-state index is -0.885. The van der Waals surface area contributed by atoms with Gasteiger partial charge in [0.25, 0.3) is 0 Å². The molecule has 1 heterocycles. The van der Waals surface area contributed by atoms with Gasteiger partial charge in [0, 0.05) is 23.8 Å². The van der Waals surface area contributed by atoms with Crippen LogP contribution in [0.25, 0.3) is 0 Å². The van der Waals surface area contributed by atoms with E-state index in [2.05, 4.69) is 5.32 Å². The molecule has 22 heavy (non-hydrogen) atoms.